The highest BCUT2D eigenvalue weighted by atomic mass is 32.2. The Morgan fingerprint density at radius 2 is 2.07 bits per heavy atom. The predicted octanol–water partition coefficient (Wildman–Crippen LogP) is 2.47. The average molecular weight is 206 g/mol. The number of aliphatic hydroxyl groups excluding tert-OH is 1. The monoisotopic (exact) mass is 206 g/mol. The van der Waals surface area contributed by atoms with E-state index in [0.29, 0.717) is 12.2 Å². The van der Waals surface area contributed by atoms with Crippen LogP contribution in [0.1, 0.15) is 12.0 Å². The van der Waals surface area contributed by atoms with Gasteiger partial charge in [0.25, 0.3) is 0 Å². The summed E-state index contributed by atoms with van der Waals surface area (Å²) in [5.41, 5.74) is 1.25. The minimum atomic E-state index is -0.397. The van der Waals surface area contributed by atoms with Crippen LogP contribution in [0.25, 0.3) is 0 Å². The fourth-order valence-electron chi connectivity index (χ4n) is 1.02. The van der Waals surface area contributed by atoms with Gasteiger partial charge in [0.1, 0.15) is 0 Å². The van der Waals surface area contributed by atoms with E-state index in [0.717, 1.165) is 0 Å². The van der Waals surface area contributed by atoms with Gasteiger partial charge in [0.05, 0.1) is 6.10 Å². The zero-order valence-corrected chi connectivity index (χ0v) is 9.05. The largest absolute Gasteiger partial charge is 0.391 e. The molecule has 1 nitrogen and oxygen atoms in total. The molecular weight excluding hydrogens is 192 g/mol. The highest BCUT2D eigenvalue weighted by Crippen LogP contribution is 2.19. The van der Waals surface area contributed by atoms with Crippen molar-refractivity contribution in [2.45, 2.75) is 24.3 Å². The molecule has 0 amide bonds. The highest BCUT2D eigenvalue weighted by Gasteiger charge is 2.02. The Kier molecular flexibility index (Phi) is 4.58. The molecule has 0 saturated heterocycles. The molecule has 0 aliphatic carbocycles. The van der Waals surface area contributed by atoms with E-state index in [1.54, 1.807) is 11.8 Å². The number of hydrogen-bond donors (Lipinski definition) is 1. The summed E-state index contributed by atoms with van der Waals surface area (Å²) in [6, 6.07) is 8.25. The van der Waals surface area contributed by atoms with Gasteiger partial charge in [-0.3, -0.25) is 0 Å². The van der Waals surface area contributed by atoms with Crippen molar-refractivity contribution in [1.82, 2.24) is 0 Å². The molecule has 0 aliphatic rings. The maximum Gasteiger partial charge on any atom is 0.0743 e. The SMILES string of the molecule is C#CCC(O)CSc1ccc(C)cc1. The van der Waals surface area contributed by atoms with Crippen molar-refractivity contribution in [3.8, 4) is 12.3 Å². The molecule has 1 atom stereocenters. The van der Waals surface area contributed by atoms with Gasteiger partial charge in [-0.2, -0.15) is 0 Å². The number of terminal acetylenes is 1. The number of aliphatic hydroxyl groups is 1. The Labute approximate surface area is 89.5 Å². The van der Waals surface area contributed by atoms with Gasteiger partial charge in [0.15, 0.2) is 0 Å². The molecule has 14 heavy (non-hydrogen) atoms. The molecule has 1 aromatic rings. The Balaban J connectivity index is 2.39. The molecule has 0 spiro atoms. The maximum atomic E-state index is 9.40. The van der Waals surface area contributed by atoms with Crippen molar-refractivity contribution in [2.75, 3.05) is 5.75 Å². The van der Waals surface area contributed by atoms with Crippen molar-refractivity contribution in [2.24, 2.45) is 0 Å². The van der Waals surface area contributed by atoms with Gasteiger partial charge < -0.3 is 5.11 Å². The molecule has 74 valence electrons. The van der Waals surface area contributed by atoms with Gasteiger partial charge in [-0.1, -0.05) is 17.7 Å². The van der Waals surface area contributed by atoms with Crippen LogP contribution in [-0.4, -0.2) is 17.0 Å². The quantitative estimate of drug-likeness (QED) is 0.603. The molecule has 0 heterocycles. The van der Waals surface area contributed by atoms with Crippen LogP contribution in [0.15, 0.2) is 29.2 Å². The zero-order valence-electron chi connectivity index (χ0n) is 8.23. The maximum absolute atomic E-state index is 9.40. The van der Waals surface area contributed by atoms with Crippen LogP contribution in [0.5, 0.6) is 0 Å². The summed E-state index contributed by atoms with van der Waals surface area (Å²) in [5.74, 6) is 3.11. The van der Waals surface area contributed by atoms with E-state index in [1.807, 2.05) is 0 Å². The molecule has 1 unspecified atom stereocenters. The summed E-state index contributed by atoms with van der Waals surface area (Å²) in [7, 11) is 0. The van der Waals surface area contributed by atoms with E-state index >= 15 is 0 Å². The summed E-state index contributed by atoms with van der Waals surface area (Å²) < 4.78 is 0. The van der Waals surface area contributed by atoms with E-state index in [1.165, 1.54) is 10.5 Å². The first-order chi connectivity index (χ1) is 6.72. The Hall–Kier alpha value is -0.910. The fourth-order valence-corrected chi connectivity index (χ4v) is 1.85. The first-order valence-electron chi connectivity index (χ1n) is 4.53. The smallest absolute Gasteiger partial charge is 0.0743 e. The molecule has 0 saturated carbocycles. The normalized spacial score (nSPS) is 12.1. The zero-order chi connectivity index (χ0) is 10.4. The molecule has 0 aliphatic heterocycles. The Morgan fingerprint density at radius 3 is 2.64 bits per heavy atom. The Morgan fingerprint density at radius 1 is 1.43 bits per heavy atom. The first-order valence-corrected chi connectivity index (χ1v) is 5.52. The lowest BCUT2D eigenvalue weighted by Crippen LogP contribution is -2.07. The summed E-state index contributed by atoms with van der Waals surface area (Å²) >= 11 is 1.63. The molecule has 0 aromatic heterocycles. The lowest BCUT2D eigenvalue weighted by molar-refractivity contribution is 0.205. The van der Waals surface area contributed by atoms with Crippen molar-refractivity contribution in [1.29, 1.82) is 0 Å². The molecule has 0 fully saturated rings. The van der Waals surface area contributed by atoms with Crippen LogP contribution in [0.4, 0.5) is 0 Å². The topological polar surface area (TPSA) is 20.2 Å². The Bertz CT molecular complexity index is 310. The second-order valence-electron chi connectivity index (χ2n) is 3.19. The number of benzene rings is 1. The summed E-state index contributed by atoms with van der Waals surface area (Å²) in [6.07, 6.45) is 5.13. The van der Waals surface area contributed by atoms with Gasteiger partial charge in [0, 0.05) is 17.1 Å². The minimum absolute atomic E-state index is 0.397. The molecular formula is C12H14OS. The van der Waals surface area contributed by atoms with Gasteiger partial charge in [-0.05, 0) is 19.1 Å². The van der Waals surface area contributed by atoms with Crippen molar-refractivity contribution < 1.29 is 5.11 Å². The molecule has 1 aromatic carbocycles. The van der Waals surface area contributed by atoms with Crippen LogP contribution in [0.2, 0.25) is 0 Å². The standard InChI is InChI=1S/C12H14OS/c1-3-4-11(13)9-14-12-7-5-10(2)6-8-12/h1,5-8,11,13H,4,9H2,2H3. The lowest BCUT2D eigenvalue weighted by Gasteiger charge is -2.06. The molecule has 1 rings (SSSR count). The highest BCUT2D eigenvalue weighted by molar-refractivity contribution is 7.99. The van der Waals surface area contributed by atoms with Crippen LogP contribution < -0.4 is 0 Å². The third kappa shape index (κ3) is 3.87. The number of thioether (sulfide) groups is 1. The van der Waals surface area contributed by atoms with Gasteiger partial charge in [-0.15, -0.1) is 24.1 Å². The van der Waals surface area contributed by atoms with Crippen LogP contribution in [-0.2, 0) is 0 Å². The number of rotatable bonds is 4. The van der Waals surface area contributed by atoms with E-state index in [2.05, 4.69) is 37.1 Å². The molecule has 0 bridgehead atoms. The fraction of sp³-hybridized carbons (Fsp3) is 0.333. The van der Waals surface area contributed by atoms with Crippen LogP contribution >= 0.6 is 11.8 Å². The number of aryl methyl sites for hydroxylation is 1. The summed E-state index contributed by atoms with van der Waals surface area (Å²) in [4.78, 5) is 1.17. The van der Waals surface area contributed by atoms with Crippen molar-refractivity contribution >= 4 is 11.8 Å². The first kappa shape index (κ1) is 11.2. The lowest BCUT2D eigenvalue weighted by atomic mass is 10.2. The molecule has 2 heteroatoms. The third-order valence-corrected chi connectivity index (χ3v) is 2.97. The second-order valence-corrected chi connectivity index (χ2v) is 4.28. The minimum Gasteiger partial charge on any atom is -0.391 e. The van der Waals surface area contributed by atoms with Gasteiger partial charge >= 0.3 is 0 Å². The number of hydrogen-bond acceptors (Lipinski definition) is 2. The van der Waals surface area contributed by atoms with E-state index in [9.17, 15) is 5.11 Å². The van der Waals surface area contributed by atoms with Crippen molar-refractivity contribution in [3.05, 3.63) is 29.8 Å². The summed E-state index contributed by atoms with van der Waals surface area (Å²) in [6.45, 7) is 2.06. The molecule has 1 N–H and O–H groups in total. The van der Waals surface area contributed by atoms with Gasteiger partial charge in [-0.25, -0.2) is 0 Å². The average Bonchev–Trinajstić information content (AvgIpc) is 2.17. The predicted molar refractivity (Wildman–Crippen MR) is 61.4 cm³/mol. The van der Waals surface area contributed by atoms with Crippen molar-refractivity contribution in [3.63, 3.8) is 0 Å². The second kappa shape index (κ2) is 5.74. The van der Waals surface area contributed by atoms with Gasteiger partial charge in [0.2, 0.25) is 0 Å². The molecule has 0 radical (unpaired) electrons. The van der Waals surface area contributed by atoms with E-state index in [4.69, 9.17) is 6.42 Å². The summed E-state index contributed by atoms with van der Waals surface area (Å²) in [5, 5.41) is 9.40. The van der Waals surface area contributed by atoms with E-state index < -0.39 is 6.10 Å². The third-order valence-electron chi connectivity index (χ3n) is 1.82. The van der Waals surface area contributed by atoms with E-state index in [-0.39, 0.29) is 0 Å². The van der Waals surface area contributed by atoms with Crippen LogP contribution in [0.3, 0.4) is 0 Å². The van der Waals surface area contributed by atoms with Crippen LogP contribution in [0, 0.1) is 19.3 Å².